The van der Waals surface area contributed by atoms with E-state index in [-0.39, 0.29) is 34.7 Å². The first kappa shape index (κ1) is 79.9. The number of nitrogens with zero attached hydrogens (tertiary/aromatic N) is 2. The highest BCUT2D eigenvalue weighted by molar-refractivity contribution is 7.22. The third kappa shape index (κ3) is 22.9. The number of carbonyl (C=O) groups is 6. The molecule has 9 aromatic rings. The van der Waals surface area contributed by atoms with Gasteiger partial charge in [-0.3, -0.25) is 28.8 Å². The van der Waals surface area contributed by atoms with Gasteiger partial charge in [-0.2, -0.15) is 0 Å². The number of ketones is 6. The molecule has 17 heteroatoms. The van der Waals surface area contributed by atoms with Gasteiger partial charge >= 0.3 is 0 Å². The number of nitrogens with one attached hydrogen (secondary N) is 6. The molecule has 14 nitrogen and oxygen atoms in total. The summed E-state index contributed by atoms with van der Waals surface area (Å²) >= 11 is 4.54. The summed E-state index contributed by atoms with van der Waals surface area (Å²) < 4.78 is 1.15. The molecule has 5 aromatic heterocycles. The maximum absolute atomic E-state index is 11.4. The van der Waals surface area contributed by atoms with E-state index >= 15 is 0 Å². The average Bonchev–Trinajstić information content (AvgIpc) is 4.34. The fourth-order valence-corrected chi connectivity index (χ4v) is 11.4. The Morgan fingerprint density at radius 3 is 1.31 bits per heavy atom. The Balaban J connectivity index is 0.00000101. The Bertz CT molecular complexity index is 3600. The van der Waals surface area contributed by atoms with Gasteiger partial charge in [-0.25, -0.2) is 9.97 Å². The van der Waals surface area contributed by atoms with E-state index in [1.54, 1.807) is 70.5 Å². The maximum Gasteiger partial charge on any atom is 0.180 e. The molecule has 0 saturated carbocycles. The molecule has 5 heterocycles. The van der Waals surface area contributed by atoms with Crippen molar-refractivity contribution in [2.45, 2.75) is 132 Å². The number of hydrogen-bond acceptors (Lipinski definition) is 17. The lowest BCUT2D eigenvalue weighted by molar-refractivity contribution is 0.100. The number of aromatic nitrogens is 2. The minimum atomic E-state index is -0.0111. The predicted octanol–water partition coefficient (Wildman–Crippen LogP) is 19.7. The van der Waals surface area contributed by atoms with Crippen molar-refractivity contribution in [3.63, 3.8) is 0 Å². The second kappa shape index (κ2) is 41.9. The molecule has 0 bridgehead atoms. The van der Waals surface area contributed by atoms with E-state index in [4.69, 9.17) is 0 Å². The normalized spacial score (nSPS) is 9.47. The lowest BCUT2D eigenvalue weighted by Gasteiger charge is -2.09. The predicted molar refractivity (Wildman–Crippen MR) is 387 cm³/mol. The number of carbonyl (C=O) groups excluding carboxylic acids is 6. The maximum atomic E-state index is 11.4. The van der Waals surface area contributed by atoms with Gasteiger partial charge in [-0.15, -0.1) is 34.0 Å². The molecule has 0 aliphatic carbocycles. The molecule has 476 valence electrons. The largest absolute Gasteiger partial charge is 0.388 e. The lowest BCUT2D eigenvalue weighted by Crippen LogP contribution is -2.04. The molecule has 0 aliphatic rings. The number of thiophene rings is 3. The van der Waals surface area contributed by atoms with Crippen molar-refractivity contribution in [2.24, 2.45) is 0 Å². The van der Waals surface area contributed by atoms with E-state index in [1.807, 2.05) is 222 Å². The Morgan fingerprint density at radius 2 is 0.830 bits per heavy atom. The SMILES string of the molecule is CC.CC.CC.CC.CNc1c(C(C)=O)sc(C)c1C.CNc1c(C(C)=O)sc2ccccc12.CNc1c(C(C)=O)sc2ncccc12.CNc1cc(C)c(C)cc1C(C)=O.CNc1cc2ccccc2cc1C(C)=O.CNc1ccc(C)nc1C(C)=O. The Kier molecular flexibility index (Phi) is 38.0. The number of pyridine rings is 2. The van der Waals surface area contributed by atoms with E-state index in [1.165, 1.54) is 34.3 Å². The second-order valence-corrected chi connectivity index (χ2v) is 21.6. The van der Waals surface area contributed by atoms with Gasteiger partial charge in [0.2, 0.25) is 0 Å². The molecular weight excluding hydrogens is 1160 g/mol. The summed E-state index contributed by atoms with van der Waals surface area (Å²) in [7, 11) is 11.0. The summed E-state index contributed by atoms with van der Waals surface area (Å²) in [6, 6.07) is 31.5. The van der Waals surface area contributed by atoms with Crippen LogP contribution in [0.2, 0.25) is 0 Å². The van der Waals surface area contributed by atoms with Crippen LogP contribution in [0.4, 0.5) is 34.1 Å². The van der Waals surface area contributed by atoms with E-state index < -0.39 is 0 Å². The van der Waals surface area contributed by atoms with Crippen LogP contribution in [0.15, 0.2) is 103 Å². The first-order chi connectivity index (χ1) is 42.0. The van der Waals surface area contributed by atoms with Crippen molar-refractivity contribution >= 4 is 134 Å². The first-order valence-electron chi connectivity index (χ1n) is 29.7. The minimum absolute atomic E-state index is 0.0111. The van der Waals surface area contributed by atoms with Crippen molar-refractivity contribution in [1.29, 1.82) is 0 Å². The highest BCUT2D eigenvalue weighted by Crippen LogP contribution is 2.37. The highest BCUT2D eigenvalue weighted by atomic mass is 32.1. The molecule has 0 fully saturated rings. The molecule has 0 radical (unpaired) electrons. The van der Waals surface area contributed by atoms with Crippen LogP contribution in [0, 0.1) is 34.6 Å². The van der Waals surface area contributed by atoms with Crippen molar-refractivity contribution in [3.8, 4) is 0 Å². The number of fused-ring (bicyclic) bond motifs is 3. The van der Waals surface area contributed by atoms with Crippen molar-refractivity contribution in [1.82, 2.24) is 9.97 Å². The van der Waals surface area contributed by atoms with Crippen molar-refractivity contribution in [2.75, 3.05) is 74.2 Å². The molecule has 4 aromatic carbocycles. The summed E-state index contributed by atoms with van der Waals surface area (Å²) in [6.45, 7) is 35.5. The van der Waals surface area contributed by atoms with E-state index in [0.717, 1.165) is 102 Å². The molecule has 0 amide bonds. The van der Waals surface area contributed by atoms with Crippen molar-refractivity contribution < 1.29 is 28.8 Å². The molecule has 0 atom stereocenters. The Hall–Kier alpha value is -8.12. The number of Topliss-reactive ketones (excluding diaryl/α,β-unsaturated/α-hetero) is 6. The van der Waals surface area contributed by atoms with Crippen LogP contribution in [0.3, 0.4) is 0 Å². The van der Waals surface area contributed by atoms with Gasteiger partial charge < -0.3 is 31.9 Å². The van der Waals surface area contributed by atoms with Crippen LogP contribution in [0.25, 0.3) is 31.1 Å². The number of benzene rings is 4. The van der Waals surface area contributed by atoms with Crippen LogP contribution in [0.1, 0.15) is 184 Å². The van der Waals surface area contributed by atoms with E-state index in [2.05, 4.69) is 41.9 Å². The Morgan fingerprint density at radius 1 is 0.398 bits per heavy atom. The summed E-state index contributed by atoms with van der Waals surface area (Å²) in [5, 5.41) is 22.6. The van der Waals surface area contributed by atoms with E-state index in [9.17, 15) is 28.8 Å². The zero-order chi connectivity index (χ0) is 67.5. The van der Waals surface area contributed by atoms with Gasteiger partial charge in [0.25, 0.3) is 0 Å². The molecule has 9 rings (SSSR count). The summed E-state index contributed by atoms with van der Waals surface area (Å²) in [5.41, 5.74) is 11.9. The van der Waals surface area contributed by atoms with Crippen LogP contribution < -0.4 is 31.9 Å². The van der Waals surface area contributed by atoms with Crippen LogP contribution in [0.5, 0.6) is 0 Å². The zero-order valence-corrected chi connectivity index (χ0v) is 59.3. The fraction of sp³-hybridized carbons (Fsp3) is 0.352. The third-order valence-corrected chi connectivity index (χ3v) is 16.4. The van der Waals surface area contributed by atoms with Gasteiger partial charge in [0.15, 0.2) is 34.7 Å². The summed E-state index contributed by atoms with van der Waals surface area (Å²) in [6.07, 6.45) is 1.74. The standard InChI is InChI=1S/C13H13NO.C11H11NOS.C11H15NO.C10H10N2OS.C9H12N2O.C9H13NOS.4C2H6/c1-9(15)12-7-10-5-3-4-6-11(10)8-13(12)14-2;1-7(13)11-10(12-2)8-5-3-4-6-9(8)14-11;1-7-5-10(9(3)13)11(12-4)6-8(7)2;1-6(13)9-8(11-2)7-4-3-5-12-10(7)14-9;1-6-4-5-8(10-3)9(11-6)7(2)12;1-5-7(3)12-9(6(2)11)8(5)10-4;4*1-2/h3-8,14H,1-2H3;3-6,12H,1-2H3;5-6,12H,1-4H3;3-5,11H,1-2H3;4-5,10H,1-3H3;10H,1-4H3;4*1-2H3. The number of rotatable bonds is 12. The van der Waals surface area contributed by atoms with Gasteiger partial charge in [0.1, 0.15) is 10.5 Å². The number of aryl methyl sites for hydroxylation is 4. The molecule has 0 spiro atoms. The molecule has 6 N–H and O–H groups in total. The average molecular weight is 1260 g/mol. The molecule has 88 heavy (non-hydrogen) atoms. The first-order valence-corrected chi connectivity index (χ1v) is 32.2. The minimum Gasteiger partial charge on any atom is -0.388 e. The Labute approximate surface area is 537 Å². The quantitative estimate of drug-likeness (QED) is 0.0631. The second-order valence-electron chi connectivity index (χ2n) is 18.4. The summed E-state index contributed by atoms with van der Waals surface area (Å²) in [4.78, 5) is 80.5. The molecular formula is C71H98N8O6S3. The van der Waals surface area contributed by atoms with Gasteiger partial charge in [-0.05, 0) is 131 Å². The number of hydrogen-bond donors (Lipinski definition) is 6. The van der Waals surface area contributed by atoms with Crippen LogP contribution in [-0.2, 0) is 0 Å². The van der Waals surface area contributed by atoms with E-state index in [0.29, 0.717) is 5.69 Å². The van der Waals surface area contributed by atoms with Crippen molar-refractivity contribution in [3.05, 3.63) is 162 Å². The summed E-state index contributed by atoms with van der Waals surface area (Å²) in [5.74, 6) is 0.522. The van der Waals surface area contributed by atoms with Gasteiger partial charge in [0.05, 0.1) is 37.4 Å². The smallest absolute Gasteiger partial charge is 0.180 e. The third-order valence-electron chi connectivity index (χ3n) is 12.6. The highest BCUT2D eigenvalue weighted by Gasteiger charge is 2.17. The van der Waals surface area contributed by atoms with Gasteiger partial charge in [0, 0.05) is 125 Å². The number of anilines is 6. The molecule has 0 unspecified atom stereocenters. The topological polar surface area (TPSA) is 200 Å². The monoisotopic (exact) mass is 1250 g/mol. The lowest BCUT2D eigenvalue weighted by atomic mass is 10.0. The van der Waals surface area contributed by atoms with Gasteiger partial charge in [-0.1, -0.05) is 97.9 Å². The molecule has 0 saturated heterocycles. The zero-order valence-electron chi connectivity index (χ0n) is 56.9. The fourth-order valence-electron chi connectivity index (χ4n) is 8.23. The van der Waals surface area contributed by atoms with Crippen LogP contribution >= 0.6 is 34.0 Å². The molecule has 0 aliphatic heterocycles. The van der Waals surface area contributed by atoms with Crippen LogP contribution in [-0.4, -0.2) is 87.0 Å².